The summed E-state index contributed by atoms with van der Waals surface area (Å²) in [5.74, 6) is -0.303. The van der Waals surface area contributed by atoms with Crippen molar-refractivity contribution in [3.63, 3.8) is 0 Å². The van der Waals surface area contributed by atoms with Gasteiger partial charge in [0.2, 0.25) is 0 Å². The van der Waals surface area contributed by atoms with E-state index in [-0.39, 0.29) is 10.7 Å². The summed E-state index contributed by atoms with van der Waals surface area (Å²) in [6.45, 7) is -0.526. The molecule has 1 aliphatic rings. The number of nitrogens with zero attached hydrogens (tertiary/aromatic N) is 3. The molecular formula is C17H14F3N3O. The zero-order chi connectivity index (χ0) is 17.2. The van der Waals surface area contributed by atoms with Gasteiger partial charge in [-0.15, -0.1) is 13.2 Å². The van der Waals surface area contributed by atoms with Crippen LogP contribution in [0.25, 0.3) is 0 Å². The number of benzene rings is 2. The number of ketones is 1. The molecule has 0 amide bonds. The van der Waals surface area contributed by atoms with E-state index in [9.17, 15) is 18.0 Å². The van der Waals surface area contributed by atoms with Crippen LogP contribution in [0.15, 0.2) is 65.8 Å². The van der Waals surface area contributed by atoms with Crippen molar-refractivity contribution in [2.75, 3.05) is 6.67 Å². The third-order valence-corrected chi connectivity index (χ3v) is 3.68. The Morgan fingerprint density at radius 3 is 2.12 bits per heavy atom. The van der Waals surface area contributed by atoms with E-state index < -0.39 is 19.0 Å². The van der Waals surface area contributed by atoms with Gasteiger partial charge in [0.25, 0.3) is 0 Å². The van der Waals surface area contributed by atoms with Crippen LogP contribution in [-0.4, -0.2) is 35.0 Å². The van der Waals surface area contributed by atoms with E-state index in [0.29, 0.717) is 17.5 Å². The Balaban J connectivity index is 1.93. The molecule has 0 radical (unpaired) electrons. The van der Waals surface area contributed by atoms with Crippen LogP contribution >= 0.6 is 0 Å². The number of hydrogen-bond acceptors (Lipinski definition) is 4. The van der Waals surface area contributed by atoms with E-state index in [1.54, 1.807) is 60.7 Å². The average molecular weight is 333 g/mol. The smallest absolute Gasteiger partial charge is 0.291 e. The minimum atomic E-state index is -4.53. The molecule has 1 unspecified atom stereocenters. The van der Waals surface area contributed by atoms with Crippen LogP contribution in [0.3, 0.4) is 0 Å². The van der Waals surface area contributed by atoms with Crippen molar-refractivity contribution in [3.05, 3.63) is 71.8 Å². The average Bonchev–Trinajstić information content (AvgIpc) is 3.07. The third kappa shape index (κ3) is 3.24. The predicted octanol–water partition coefficient (Wildman–Crippen LogP) is 3.65. The topological polar surface area (TPSA) is 35.9 Å². The SMILES string of the molecule is O=C(c1ccccc1)C(c1ccccc1)N1CN(C(F)(F)F)C=N1. The summed E-state index contributed by atoms with van der Waals surface area (Å²) in [5.41, 5.74) is 1.01. The molecule has 0 spiro atoms. The van der Waals surface area contributed by atoms with Crippen molar-refractivity contribution >= 4 is 12.1 Å². The van der Waals surface area contributed by atoms with Crippen LogP contribution in [0.2, 0.25) is 0 Å². The summed E-state index contributed by atoms with van der Waals surface area (Å²) in [6, 6.07) is 16.2. The van der Waals surface area contributed by atoms with Crippen molar-refractivity contribution < 1.29 is 18.0 Å². The molecule has 24 heavy (non-hydrogen) atoms. The number of carbonyl (C=O) groups excluding carboxylic acids is 1. The van der Waals surface area contributed by atoms with Gasteiger partial charge < -0.3 is 0 Å². The molecule has 2 aromatic rings. The Hall–Kier alpha value is -2.83. The Kier molecular flexibility index (Phi) is 4.24. The first-order valence-electron chi connectivity index (χ1n) is 7.25. The molecule has 0 saturated heterocycles. The fraction of sp³-hybridized carbons (Fsp3) is 0.176. The van der Waals surface area contributed by atoms with Crippen molar-refractivity contribution in [1.82, 2.24) is 9.91 Å². The molecule has 2 aromatic carbocycles. The molecule has 0 bridgehead atoms. The van der Waals surface area contributed by atoms with Gasteiger partial charge in [-0.3, -0.25) is 14.7 Å². The maximum atomic E-state index is 12.9. The summed E-state index contributed by atoms with van der Waals surface area (Å²) in [7, 11) is 0. The van der Waals surface area contributed by atoms with E-state index in [0.717, 1.165) is 5.01 Å². The molecule has 0 fully saturated rings. The summed E-state index contributed by atoms with van der Waals surface area (Å²) >= 11 is 0. The van der Waals surface area contributed by atoms with E-state index in [1.807, 2.05) is 0 Å². The highest BCUT2D eigenvalue weighted by Gasteiger charge is 2.41. The van der Waals surface area contributed by atoms with Crippen LogP contribution in [0, 0.1) is 0 Å². The van der Waals surface area contributed by atoms with Gasteiger partial charge in [-0.25, -0.2) is 0 Å². The molecule has 0 aromatic heterocycles. The molecule has 0 aliphatic carbocycles. The minimum absolute atomic E-state index is 0.140. The van der Waals surface area contributed by atoms with Gasteiger partial charge >= 0.3 is 6.30 Å². The maximum absolute atomic E-state index is 12.9. The van der Waals surface area contributed by atoms with Crippen molar-refractivity contribution in [1.29, 1.82) is 0 Å². The van der Waals surface area contributed by atoms with Gasteiger partial charge in [0.1, 0.15) is 19.0 Å². The Morgan fingerprint density at radius 2 is 1.58 bits per heavy atom. The Labute approximate surface area is 136 Å². The molecule has 1 atom stereocenters. The summed E-state index contributed by atoms with van der Waals surface area (Å²) in [6.07, 6.45) is -3.83. The number of halogens is 3. The number of carbonyl (C=O) groups is 1. The van der Waals surface area contributed by atoms with Crippen LogP contribution in [-0.2, 0) is 0 Å². The van der Waals surface area contributed by atoms with Crippen LogP contribution in [0.4, 0.5) is 13.2 Å². The quantitative estimate of drug-likeness (QED) is 0.633. The van der Waals surface area contributed by atoms with Gasteiger partial charge in [-0.05, 0) is 5.56 Å². The second kappa shape index (κ2) is 6.35. The first-order valence-corrected chi connectivity index (χ1v) is 7.25. The van der Waals surface area contributed by atoms with E-state index in [4.69, 9.17) is 0 Å². The first kappa shape index (κ1) is 16.0. The third-order valence-electron chi connectivity index (χ3n) is 3.68. The molecule has 4 nitrogen and oxygen atoms in total. The highest BCUT2D eigenvalue weighted by atomic mass is 19.4. The molecule has 0 saturated carbocycles. The number of hydrogen-bond donors (Lipinski definition) is 0. The molecule has 1 aliphatic heterocycles. The number of rotatable bonds is 4. The second-order valence-electron chi connectivity index (χ2n) is 5.29. The van der Waals surface area contributed by atoms with E-state index in [1.165, 1.54) is 0 Å². The number of alkyl halides is 3. The lowest BCUT2D eigenvalue weighted by Gasteiger charge is -2.27. The van der Waals surface area contributed by atoms with Crippen LogP contribution in [0.5, 0.6) is 0 Å². The van der Waals surface area contributed by atoms with Gasteiger partial charge in [0, 0.05) is 5.56 Å². The summed E-state index contributed by atoms with van der Waals surface area (Å²) in [5, 5.41) is 4.95. The first-order chi connectivity index (χ1) is 11.5. The Bertz CT molecular complexity index is 732. The highest BCUT2D eigenvalue weighted by molar-refractivity contribution is 6.00. The molecule has 0 N–H and O–H groups in total. The molecular weight excluding hydrogens is 319 g/mol. The lowest BCUT2D eigenvalue weighted by molar-refractivity contribution is -0.220. The normalized spacial score (nSPS) is 15.6. The van der Waals surface area contributed by atoms with Crippen molar-refractivity contribution in [3.8, 4) is 0 Å². The monoisotopic (exact) mass is 333 g/mol. The lowest BCUT2D eigenvalue weighted by Crippen LogP contribution is -2.40. The fourth-order valence-corrected chi connectivity index (χ4v) is 2.51. The fourth-order valence-electron chi connectivity index (χ4n) is 2.51. The summed E-state index contributed by atoms with van der Waals surface area (Å²) < 4.78 is 38.5. The van der Waals surface area contributed by atoms with E-state index >= 15 is 0 Å². The molecule has 124 valence electrons. The molecule has 1 heterocycles. The van der Waals surface area contributed by atoms with Crippen LogP contribution < -0.4 is 0 Å². The van der Waals surface area contributed by atoms with Crippen molar-refractivity contribution in [2.24, 2.45) is 5.10 Å². The van der Waals surface area contributed by atoms with E-state index in [2.05, 4.69) is 5.10 Å². The van der Waals surface area contributed by atoms with Crippen LogP contribution in [0.1, 0.15) is 22.0 Å². The molecule has 3 rings (SSSR count). The van der Waals surface area contributed by atoms with Gasteiger partial charge in [0.15, 0.2) is 5.78 Å². The Morgan fingerprint density at radius 1 is 1.00 bits per heavy atom. The molecule has 7 heteroatoms. The number of Topliss-reactive ketones (excluding diaryl/α,β-unsaturated/α-hetero) is 1. The van der Waals surface area contributed by atoms with Crippen molar-refractivity contribution in [2.45, 2.75) is 12.3 Å². The zero-order valence-electron chi connectivity index (χ0n) is 12.5. The lowest BCUT2D eigenvalue weighted by atomic mass is 9.97. The maximum Gasteiger partial charge on any atom is 0.487 e. The van der Waals surface area contributed by atoms with Gasteiger partial charge in [-0.1, -0.05) is 60.7 Å². The second-order valence-corrected chi connectivity index (χ2v) is 5.29. The summed E-state index contributed by atoms with van der Waals surface area (Å²) in [4.78, 5) is 13.0. The van der Waals surface area contributed by atoms with Gasteiger partial charge in [0.05, 0.1) is 0 Å². The highest BCUT2D eigenvalue weighted by Crippen LogP contribution is 2.30. The number of hydrazone groups is 1. The predicted molar refractivity (Wildman–Crippen MR) is 83.0 cm³/mol. The zero-order valence-corrected chi connectivity index (χ0v) is 12.5. The minimum Gasteiger partial charge on any atom is -0.291 e. The largest absolute Gasteiger partial charge is 0.487 e. The van der Waals surface area contributed by atoms with Gasteiger partial charge in [-0.2, -0.15) is 5.10 Å². The standard InChI is InChI=1S/C17H14F3N3O/c18-17(19,20)22-11-21-23(12-22)15(13-7-3-1-4-8-13)16(24)14-9-5-2-6-10-14/h1-11,15H,12H2.